The predicted octanol–water partition coefficient (Wildman–Crippen LogP) is 1.60. The van der Waals surface area contributed by atoms with Gasteiger partial charge in [-0.15, -0.1) is 0 Å². The third-order valence-electron chi connectivity index (χ3n) is 4.66. The molecule has 0 aliphatic carbocycles. The van der Waals surface area contributed by atoms with Gasteiger partial charge in [0.2, 0.25) is 5.91 Å². The lowest BCUT2D eigenvalue weighted by Crippen LogP contribution is -2.43. The van der Waals surface area contributed by atoms with Gasteiger partial charge in [-0.1, -0.05) is 25.1 Å². The summed E-state index contributed by atoms with van der Waals surface area (Å²) in [7, 11) is 0. The summed E-state index contributed by atoms with van der Waals surface area (Å²) in [5, 5.41) is 1.17. The maximum absolute atomic E-state index is 11.3. The molecule has 0 spiro atoms. The number of piperidine rings is 1. The molecule has 1 aromatic heterocycles. The summed E-state index contributed by atoms with van der Waals surface area (Å²) in [5.41, 5.74) is 14.6. The molecule has 1 amide bonds. The van der Waals surface area contributed by atoms with Crippen LogP contribution in [0.1, 0.15) is 30.4 Å². The van der Waals surface area contributed by atoms with Gasteiger partial charge in [-0.3, -0.25) is 14.7 Å². The van der Waals surface area contributed by atoms with Crippen molar-refractivity contribution in [3.63, 3.8) is 0 Å². The van der Waals surface area contributed by atoms with Crippen molar-refractivity contribution in [2.75, 3.05) is 19.6 Å². The molecule has 4 N–H and O–H groups in total. The fraction of sp³-hybridized carbons (Fsp3) is 0.444. The quantitative estimate of drug-likeness (QED) is 0.898. The van der Waals surface area contributed by atoms with Crippen LogP contribution in [0.4, 0.5) is 0 Å². The first-order chi connectivity index (χ1) is 11.1. The van der Waals surface area contributed by atoms with E-state index in [0.29, 0.717) is 24.9 Å². The van der Waals surface area contributed by atoms with Gasteiger partial charge in [-0.05, 0) is 35.4 Å². The van der Waals surface area contributed by atoms with Crippen LogP contribution >= 0.6 is 0 Å². The largest absolute Gasteiger partial charge is 0.369 e. The monoisotopic (exact) mass is 312 g/mol. The Hall–Kier alpha value is -1.98. The highest BCUT2D eigenvalue weighted by atomic mass is 16.1. The van der Waals surface area contributed by atoms with Crippen molar-refractivity contribution in [2.24, 2.45) is 17.4 Å². The van der Waals surface area contributed by atoms with Crippen LogP contribution in [0.15, 0.2) is 30.5 Å². The first kappa shape index (κ1) is 15.9. The van der Waals surface area contributed by atoms with Crippen LogP contribution in [0.25, 0.3) is 10.9 Å². The average molecular weight is 312 g/mol. The second-order valence-corrected chi connectivity index (χ2v) is 6.62. The number of carbonyl (C=O) groups is 1. The number of hydrogen-bond acceptors (Lipinski definition) is 4. The van der Waals surface area contributed by atoms with Crippen LogP contribution in [0, 0.1) is 5.92 Å². The summed E-state index contributed by atoms with van der Waals surface area (Å²) in [6, 6.07) is 8.35. The SMILES string of the molecule is C[C@H]1C[C@H](c2ccc(CN)c3ncccc23)CN(CC(N)=O)C1. The molecule has 0 bridgehead atoms. The summed E-state index contributed by atoms with van der Waals surface area (Å²) < 4.78 is 0. The highest BCUT2D eigenvalue weighted by Gasteiger charge is 2.27. The number of nitrogens with zero attached hydrogens (tertiary/aromatic N) is 2. The Labute approximate surface area is 136 Å². The summed E-state index contributed by atoms with van der Waals surface area (Å²) in [5.74, 6) is 0.661. The van der Waals surface area contributed by atoms with Gasteiger partial charge >= 0.3 is 0 Å². The first-order valence-corrected chi connectivity index (χ1v) is 8.15. The molecule has 3 rings (SSSR count). The number of fused-ring (bicyclic) bond motifs is 1. The van der Waals surface area contributed by atoms with Crippen molar-refractivity contribution in [3.8, 4) is 0 Å². The maximum Gasteiger partial charge on any atom is 0.231 e. The van der Waals surface area contributed by atoms with Crippen molar-refractivity contribution in [1.82, 2.24) is 9.88 Å². The van der Waals surface area contributed by atoms with E-state index in [1.165, 1.54) is 10.9 Å². The van der Waals surface area contributed by atoms with E-state index in [1.807, 2.05) is 12.3 Å². The third kappa shape index (κ3) is 3.35. The minimum atomic E-state index is -0.261. The molecule has 1 aliphatic rings. The van der Waals surface area contributed by atoms with Crippen molar-refractivity contribution >= 4 is 16.8 Å². The van der Waals surface area contributed by atoms with Crippen LogP contribution in [0.2, 0.25) is 0 Å². The molecule has 2 aromatic rings. The average Bonchev–Trinajstić information content (AvgIpc) is 2.52. The molecule has 5 heteroatoms. The van der Waals surface area contributed by atoms with E-state index in [2.05, 4.69) is 35.0 Å². The van der Waals surface area contributed by atoms with Crippen molar-refractivity contribution in [2.45, 2.75) is 25.8 Å². The maximum atomic E-state index is 11.3. The number of benzene rings is 1. The van der Waals surface area contributed by atoms with E-state index in [1.54, 1.807) is 0 Å². The van der Waals surface area contributed by atoms with Crippen molar-refractivity contribution in [1.29, 1.82) is 0 Å². The van der Waals surface area contributed by atoms with Crippen LogP contribution in [-0.2, 0) is 11.3 Å². The van der Waals surface area contributed by atoms with E-state index in [-0.39, 0.29) is 5.91 Å². The molecule has 1 aliphatic heterocycles. The Kier molecular flexibility index (Phi) is 4.59. The zero-order valence-electron chi connectivity index (χ0n) is 13.5. The number of carbonyl (C=O) groups excluding carboxylic acids is 1. The molecule has 5 nitrogen and oxygen atoms in total. The minimum Gasteiger partial charge on any atom is -0.369 e. The number of nitrogens with two attached hydrogens (primary N) is 2. The summed E-state index contributed by atoms with van der Waals surface area (Å²) in [4.78, 5) is 18.0. The molecule has 0 saturated carbocycles. The van der Waals surface area contributed by atoms with Gasteiger partial charge in [0.1, 0.15) is 0 Å². The summed E-state index contributed by atoms with van der Waals surface area (Å²) >= 11 is 0. The van der Waals surface area contributed by atoms with Gasteiger partial charge in [0.05, 0.1) is 12.1 Å². The number of amides is 1. The van der Waals surface area contributed by atoms with Crippen molar-refractivity contribution < 1.29 is 4.79 Å². The van der Waals surface area contributed by atoms with Gasteiger partial charge in [0.25, 0.3) is 0 Å². The highest BCUT2D eigenvalue weighted by molar-refractivity contribution is 5.85. The smallest absolute Gasteiger partial charge is 0.231 e. The number of likely N-dealkylation sites (tertiary alicyclic amines) is 1. The molecular weight excluding hydrogens is 288 g/mol. The second kappa shape index (κ2) is 6.64. The molecule has 2 atom stereocenters. The Balaban J connectivity index is 1.97. The Morgan fingerprint density at radius 2 is 2.17 bits per heavy atom. The molecule has 1 saturated heterocycles. The lowest BCUT2D eigenvalue weighted by Gasteiger charge is -2.36. The Morgan fingerprint density at radius 1 is 1.35 bits per heavy atom. The number of pyridine rings is 1. The van der Waals surface area contributed by atoms with E-state index in [9.17, 15) is 4.79 Å². The van der Waals surface area contributed by atoms with Gasteiger partial charge < -0.3 is 11.5 Å². The lowest BCUT2D eigenvalue weighted by molar-refractivity contribution is -0.119. The van der Waals surface area contributed by atoms with Gasteiger partial charge in [-0.2, -0.15) is 0 Å². The molecular formula is C18H24N4O. The van der Waals surface area contributed by atoms with E-state index in [0.717, 1.165) is 30.6 Å². The number of primary amides is 1. The van der Waals surface area contributed by atoms with Crippen LogP contribution in [0.3, 0.4) is 0 Å². The molecule has 1 fully saturated rings. The molecule has 122 valence electrons. The Bertz CT molecular complexity index is 715. The first-order valence-electron chi connectivity index (χ1n) is 8.15. The standard InChI is InChI=1S/C18H24N4O/c1-12-7-14(10-22(9-12)11-17(20)23)15-5-4-13(8-19)18-16(15)3-2-6-21-18/h2-6,12,14H,7-11,19H2,1H3,(H2,20,23)/t12-,14-/m0/s1. The molecule has 2 heterocycles. The van der Waals surface area contributed by atoms with E-state index in [4.69, 9.17) is 11.5 Å². The van der Waals surface area contributed by atoms with Crippen molar-refractivity contribution in [3.05, 3.63) is 41.6 Å². The minimum absolute atomic E-state index is 0.261. The lowest BCUT2D eigenvalue weighted by atomic mass is 9.83. The zero-order valence-corrected chi connectivity index (χ0v) is 13.5. The van der Waals surface area contributed by atoms with Gasteiger partial charge in [-0.25, -0.2) is 0 Å². The second-order valence-electron chi connectivity index (χ2n) is 6.62. The number of aromatic nitrogens is 1. The number of rotatable bonds is 4. The fourth-order valence-corrected chi connectivity index (χ4v) is 3.81. The van der Waals surface area contributed by atoms with Crippen LogP contribution < -0.4 is 11.5 Å². The molecule has 1 aromatic carbocycles. The van der Waals surface area contributed by atoms with E-state index < -0.39 is 0 Å². The topological polar surface area (TPSA) is 85.2 Å². The normalized spacial score (nSPS) is 22.3. The summed E-state index contributed by atoms with van der Waals surface area (Å²) in [6.07, 6.45) is 2.93. The van der Waals surface area contributed by atoms with Gasteiger partial charge in [0, 0.05) is 31.2 Å². The van der Waals surface area contributed by atoms with Crippen LogP contribution in [0.5, 0.6) is 0 Å². The van der Waals surface area contributed by atoms with E-state index >= 15 is 0 Å². The van der Waals surface area contributed by atoms with Gasteiger partial charge in [0.15, 0.2) is 0 Å². The molecule has 0 unspecified atom stereocenters. The molecule has 0 radical (unpaired) electrons. The molecule has 23 heavy (non-hydrogen) atoms. The van der Waals surface area contributed by atoms with Crippen LogP contribution in [-0.4, -0.2) is 35.4 Å². The Morgan fingerprint density at radius 3 is 2.91 bits per heavy atom. The fourth-order valence-electron chi connectivity index (χ4n) is 3.81. The highest BCUT2D eigenvalue weighted by Crippen LogP contribution is 2.34. The third-order valence-corrected chi connectivity index (χ3v) is 4.66. The predicted molar refractivity (Wildman–Crippen MR) is 91.8 cm³/mol. The zero-order chi connectivity index (χ0) is 16.4. The number of hydrogen-bond donors (Lipinski definition) is 2. The summed E-state index contributed by atoms with van der Waals surface area (Å²) in [6.45, 7) is 4.84.